The second-order valence-corrected chi connectivity index (χ2v) is 3.45. The van der Waals surface area contributed by atoms with E-state index in [0.29, 0.717) is 0 Å². The normalized spacial score (nSPS) is 13.2. The summed E-state index contributed by atoms with van der Waals surface area (Å²) in [5.74, 6) is 0. The topological polar surface area (TPSA) is 20.2 Å². The molecule has 0 heterocycles. The highest BCUT2D eigenvalue weighted by Gasteiger charge is 1.86. The van der Waals surface area contributed by atoms with Gasteiger partial charge < -0.3 is 5.11 Å². The minimum atomic E-state index is 0.196. The van der Waals surface area contributed by atoms with Crippen LogP contribution in [0.3, 0.4) is 0 Å². The Bertz CT molecular complexity index is 199. The zero-order chi connectivity index (χ0) is 10.6. The van der Waals surface area contributed by atoms with Crippen molar-refractivity contribution in [3.05, 3.63) is 36.0 Å². The number of aliphatic hydroxyl groups excluding tert-OH is 1. The van der Waals surface area contributed by atoms with E-state index >= 15 is 0 Å². The Hall–Kier alpha value is -0.820. The molecule has 0 unspecified atom stereocenters. The van der Waals surface area contributed by atoms with E-state index in [1.54, 1.807) is 0 Å². The molecule has 1 N–H and O–H groups in total. The zero-order valence-corrected chi connectivity index (χ0v) is 9.37. The summed E-state index contributed by atoms with van der Waals surface area (Å²) >= 11 is 0. The minimum Gasteiger partial charge on any atom is -0.392 e. The van der Waals surface area contributed by atoms with Gasteiger partial charge in [-0.3, -0.25) is 0 Å². The van der Waals surface area contributed by atoms with Crippen LogP contribution in [-0.4, -0.2) is 11.7 Å². The van der Waals surface area contributed by atoms with Crippen LogP contribution >= 0.6 is 0 Å². The van der Waals surface area contributed by atoms with E-state index < -0.39 is 0 Å². The fourth-order valence-electron chi connectivity index (χ4n) is 1.11. The molecule has 0 aliphatic carbocycles. The van der Waals surface area contributed by atoms with Crippen LogP contribution in [0, 0.1) is 0 Å². The van der Waals surface area contributed by atoms with Crippen molar-refractivity contribution in [3.63, 3.8) is 0 Å². The summed E-state index contributed by atoms with van der Waals surface area (Å²) in [5.41, 5.74) is 1.08. The smallest absolute Gasteiger partial charge is 0.0639 e. The molecule has 0 amide bonds. The van der Waals surface area contributed by atoms with Crippen molar-refractivity contribution in [1.82, 2.24) is 0 Å². The van der Waals surface area contributed by atoms with Crippen molar-refractivity contribution in [2.24, 2.45) is 0 Å². The van der Waals surface area contributed by atoms with Gasteiger partial charge in [0.2, 0.25) is 0 Å². The Labute approximate surface area is 87.8 Å². The first kappa shape index (κ1) is 13.2. The largest absolute Gasteiger partial charge is 0.392 e. The second-order valence-electron chi connectivity index (χ2n) is 3.45. The van der Waals surface area contributed by atoms with Gasteiger partial charge in [0, 0.05) is 0 Å². The van der Waals surface area contributed by atoms with E-state index in [0.717, 1.165) is 18.4 Å². The number of rotatable bonds is 7. The predicted molar refractivity (Wildman–Crippen MR) is 63.3 cm³/mol. The van der Waals surface area contributed by atoms with Crippen molar-refractivity contribution in [3.8, 4) is 0 Å². The molecule has 0 bridgehead atoms. The van der Waals surface area contributed by atoms with Gasteiger partial charge in [-0.25, -0.2) is 0 Å². The molecule has 1 heteroatoms. The van der Waals surface area contributed by atoms with Gasteiger partial charge in [-0.2, -0.15) is 0 Å². The number of unbranched alkanes of at least 4 members (excludes halogenated alkanes) is 3. The van der Waals surface area contributed by atoms with Crippen LogP contribution in [0.25, 0.3) is 0 Å². The maximum atomic E-state index is 8.75. The molecule has 0 saturated carbocycles. The van der Waals surface area contributed by atoms with Crippen LogP contribution in [-0.2, 0) is 0 Å². The maximum Gasteiger partial charge on any atom is 0.0639 e. The third kappa shape index (κ3) is 9.27. The molecule has 0 spiro atoms. The van der Waals surface area contributed by atoms with E-state index in [4.69, 9.17) is 5.11 Å². The lowest BCUT2D eigenvalue weighted by atomic mass is 10.1. The van der Waals surface area contributed by atoms with Crippen LogP contribution in [0.15, 0.2) is 36.0 Å². The Morgan fingerprint density at radius 1 is 1.14 bits per heavy atom. The van der Waals surface area contributed by atoms with Gasteiger partial charge in [-0.05, 0) is 39.5 Å². The molecule has 0 rings (SSSR count). The molecule has 14 heavy (non-hydrogen) atoms. The molecule has 0 atom stereocenters. The summed E-state index contributed by atoms with van der Waals surface area (Å²) in [7, 11) is 0. The van der Waals surface area contributed by atoms with Gasteiger partial charge >= 0.3 is 0 Å². The molecular formula is C13H22O. The lowest BCUT2D eigenvalue weighted by Gasteiger charge is -1.95. The number of hydrogen-bond acceptors (Lipinski definition) is 1. The van der Waals surface area contributed by atoms with Crippen LogP contribution in [0.5, 0.6) is 0 Å². The van der Waals surface area contributed by atoms with E-state index in [2.05, 4.69) is 24.3 Å². The highest BCUT2D eigenvalue weighted by Crippen LogP contribution is 2.04. The van der Waals surface area contributed by atoms with Gasteiger partial charge in [0.25, 0.3) is 0 Å². The summed E-state index contributed by atoms with van der Waals surface area (Å²) in [4.78, 5) is 0. The van der Waals surface area contributed by atoms with Crippen molar-refractivity contribution in [1.29, 1.82) is 0 Å². The Kier molecular flexibility index (Phi) is 9.66. The molecule has 0 aromatic rings. The minimum absolute atomic E-state index is 0.196. The quantitative estimate of drug-likeness (QED) is 0.373. The van der Waals surface area contributed by atoms with Crippen LogP contribution < -0.4 is 0 Å². The standard InChI is InChI=1S/C13H22O/c1-3-4-5-6-7-8-9-10-11-13(2)12-14/h3-6,11,14H,7-10,12H2,1-2H3/b4-3+,6-5+,13-11+. The maximum absolute atomic E-state index is 8.75. The highest BCUT2D eigenvalue weighted by molar-refractivity contribution is 5.01. The third-order valence-corrected chi connectivity index (χ3v) is 2.01. The summed E-state index contributed by atoms with van der Waals surface area (Å²) in [6, 6.07) is 0. The van der Waals surface area contributed by atoms with Gasteiger partial charge in [0.05, 0.1) is 6.61 Å². The monoisotopic (exact) mass is 194 g/mol. The van der Waals surface area contributed by atoms with Crippen LogP contribution in [0.2, 0.25) is 0 Å². The van der Waals surface area contributed by atoms with Gasteiger partial charge in [0.15, 0.2) is 0 Å². The SMILES string of the molecule is C/C=C/C=C/CCCC/C=C(\C)CO. The summed E-state index contributed by atoms with van der Waals surface area (Å²) in [5, 5.41) is 8.75. The molecule has 1 nitrogen and oxygen atoms in total. The molecule has 0 fully saturated rings. The lowest BCUT2D eigenvalue weighted by Crippen LogP contribution is -1.83. The molecular weight excluding hydrogens is 172 g/mol. The number of hydrogen-bond donors (Lipinski definition) is 1. The average molecular weight is 194 g/mol. The van der Waals surface area contributed by atoms with Crippen molar-refractivity contribution >= 4 is 0 Å². The molecule has 0 saturated heterocycles. The fraction of sp³-hybridized carbons (Fsp3) is 0.538. The predicted octanol–water partition coefficient (Wildman–Crippen LogP) is 3.62. The first-order valence-corrected chi connectivity index (χ1v) is 5.35. The van der Waals surface area contributed by atoms with Crippen molar-refractivity contribution < 1.29 is 5.11 Å². The Balaban J connectivity index is 3.30. The van der Waals surface area contributed by atoms with Crippen molar-refractivity contribution in [2.45, 2.75) is 39.5 Å². The average Bonchev–Trinajstić information content (AvgIpc) is 2.21. The number of allylic oxidation sites excluding steroid dienone is 5. The van der Waals surface area contributed by atoms with Crippen LogP contribution in [0.1, 0.15) is 39.5 Å². The molecule has 0 aliphatic rings. The molecule has 0 aliphatic heterocycles. The lowest BCUT2D eigenvalue weighted by molar-refractivity contribution is 0.331. The highest BCUT2D eigenvalue weighted by atomic mass is 16.3. The van der Waals surface area contributed by atoms with Crippen molar-refractivity contribution in [2.75, 3.05) is 6.61 Å². The summed E-state index contributed by atoms with van der Waals surface area (Å²) < 4.78 is 0. The number of aliphatic hydroxyl groups is 1. The van der Waals surface area contributed by atoms with Gasteiger partial charge in [-0.15, -0.1) is 0 Å². The molecule has 0 aromatic carbocycles. The first-order valence-electron chi connectivity index (χ1n) is 5.35. The van der Waals surface area contributed by atoms with Gasteiger partial charge in [0.1, 0.15) is 0 Å². The van der Waals surface area contributed by atoms with E-state index in [-0.39, 0.29) is 6.61 Å². The second kappa shape index (κ2) is 10.3. The molecule has 80 valence electrons. The first-order chi connectivity index (χ1) is 6.81. The zero-order valence-electron chi connectivity index (χ0n) is 9.37. The Morgan fingerprint density at radius 3 is 2.50 bits per heavy atom. The fourth-order valence-corrected chi connectivity index (χ4v) is 1.11. The van der Waals surface area contributed by atoms with E-state index in [1.807, 2.05) is 19.9 Å². The summed E-state index contributed by atoms with van der Waals surface area (Å²) in [6.45, 7) is 4.18. The molecule has 0 radical (unpaired) electrons. The molecule has 0 aromatic heterocycles. The summed E-state index contributed by atoms with van der Waals surface area (Å²) in [6.07, 6.45) is 15.2. The van der Waals surface area contributed by atoms with E-state index in [9.17, 15) is 0 Å². The van der Waals surface area contributed by atoms with E-state index in [1.165, 1.54) is 12.8 Å². The van der Waals surface area contributed by atoms with Gasteiger partial charge in [-0.1, -0.05) is 36.0 Å². The Morgan fingerprint density at radius 2 is 1.86 bits per heavy atom. The van der Waals surface area contributed by atoms with Crippen LogP contribution in [0.4, 0.5) is 0 Å². The third-order valence-electron chi connectivity index (χ3n) is 2.01.